The summed E-state index contributed by atoms with van der Waals surface area (Å²) in [6.45, 7) is 0. The molecule has 2 unspecified atom stereocenters. The number of para-hydroxylation sites is 1. The van der Waals surface area contributed by atoms with E-state index in [1.165, 1.54) is 11.1 Å². The van der Waals surface area contributed by atoms with Crippen molar-refractivity contribution in [3.05, 3.63) is 52.2 Å². The number of rotatable bonds is 4. The van der Waals surface area contributed by atoms with Crippen LogP contribution in [0.4, 0.5) is 0 Å². The first-order valence-corrected chi connectivity index (χ1v) is 7.28. The highest BCUT2D eigenvalue weighted by molar-refractivity contribution is 7.07. The molecule has 0 amide bonds. The molecular formula is C15H17NOS. The van der Waals surface area contributed by atoms with Gasteiger partial charge in [-0.2, -0.15) is 11.3 Å². The summed E-state index contributed by atoms with van der Waals surface area (Å²) >= 11 is 1.74. The highest BCUT2D eigenvalue weighted by Crippen LogP contribution is 2.29. The van der Waals surface area contributed by atoms with E-state index in [2.05, 4.69) is 29.0 Å². The Morgan fingerprint density at radius 3 is 3.00 bits per heavy atom. The lowest BCUT2D eigenvalue weighted by Gasteiger charge is -2.18. The van der Waals surface area contributed by atoms with E-state index < -0.39 is 0 Å². The summed E-state index contributed by atoms with van der Waals surface area (Å²) in [4.78, 5) is 0. The molecule has 2 atom stereocenters. The zero-order chi connectivity index (χ0) is 12.4. The fraction of sp³-hybridized carbons (Fsp3) is 0.333. The van der Waals surface area contributed by atoms with Crippen molar-refractivity contribution < 1.29 is 4.74 Å². The molecule has 1 aromatic heterocycles. The Hall–Kier alpha value is -1.32. The molecule has 0 saturated heterocycles. The van der Waals surface area contributed by atoms with E-state index >= 15 is 0 Å². The maximum Gasteiger partial charge on any atom is 0.123 e. The Morgan fingerprint density at radius 1 is 1.33 bits per heavy atom. The maximum atomic E-state index is 6.25. The third kappa shape index (κ3) is 2.42. The average Bonchev–Trinajstić information content (AvgIpc) is 3.04. The van der Waals surface area contributed by atoms with Gasteiger partial charge < -0.3 is 10.5 Å². The van der Waals surface area contributed by atoms with Crippen LogP contribution >= 0.6 is 11.3 Å². The van der Waals surface area contributed by atoms with Crippen molar-refractivity contribution in [1.82, 2.24) is 0 Å². The Balaban J connectivity index is 1.57. The van der Waals surface area contributed by atoms with E-state index in [0.717, 1.165) is 25.0 Å². The molecule has 1 aliphatic rings. The van der Waals surface area contributed by atoms with Crippen LogP contribution in [-0.2, 0) is 12.8 Å². The van der Waals surface area contributed by atoms with E-state index in [-0.39, 0.29) is 12.1 Å². The summed E-state index contributed by atoms with van der Waals surface area (Å²) in [5.41, 5.74) is 8.92. The molecule has 2 heterocycles. The van der Waals surface area contributed by atoms with Gasteiger partial charge in [-0.25, -0.2) is 0 Å². The molecule has 2 aromatic rings. The van der Waals surface area contributed by atoms with Gasteiger partial charge in [0.15, 0.2) is 0 Å². The quantitative estimate of drug-likeness (QED) is 0.916. The van der Waals surface area contributed by atoms with E-state index in [0.29, 0.717) is 0 Å². The Morgan fingerprint density at radius 2 is 2.22 bits per heavy atom. The van der Waals surface area contributed by atoms with Crippen molar-refractivity contribution in [3.63, 3.8) is 0 Å². The first-order chi connectivity index (χ1) is 8.83. The topological polar surface area (TPSA) is 35.2 Å². The molecule has 1 aromatic carbocycles. The van der Waals surface area contributed by atoms with E-state index in [1.54, 1.807) is 11.3 Å². The van der Waals surface area contributed by atoms with Crippen LogP contribution in [0.1, 0.15) is 17.5 Å². The zero-order valence-corrected chi connectivity index (χ0v) is 11.0. The highest BCUT2D eigenvalue weighted by atomic mass is 32.1. The molecule has 2 N–H and O–H groups in total. The number of aryl methyl sites for hydroxylation is 1. The molecule has 94 valence electrons. The maximum absolute atomic E-state index is 6.25. The average molecular weight is 259 g/mol. The normalized spacial score (nSPS) is 19.3. The van der Waals surface area contributed by atoms with Crippen LogP contribution in [0, 0.1) is 0 Å². The number of thiophene rings is 1. The summed E-state index contributed by atoms with van der Waals surface area (Å²) in [6, 6.07) is 10.5. The molecule has 0 spiro atoms. The SMILES string of the molecule is NC(CCc1ccsc1)C1Cc2ccccc2O1. The summed E-state index contributed by atoms with van der Waals surface area (Å²) in [5, 5.41) is 4.31. The molecule has 0 bridgehead atoms. The van der Waals surface area contributed by atoms with Gasteiger partial charge >= 0.3 is 0 Å². The van der Waals surface area contributed by atoms with Gasteiger partial charge in [-0.05, 0) is 46.9 Å². The van der Waals surface area contributed by atoms with Crippen molar-refractivity contribution in [2.24, 2.45) is 5.73 Å². The Labute approximate surface area is 111 Å². The molecule has 0 aliphatic carbocycles. The largest absolute Gasteiger partial charge is 0.488 e. The van der Waals surface area contributed by atoms with Gasteiger partial charge in [-0.15, -0.1) is 0 Å². The van der Waals surface area contributed by atoms with E-state index in [4.69, 9.17) is 10.5 Å². The molecule has 2 nitrogen and oxygen atoms in total. The van der Waals surface area contributed by atoms with Crippen LogP contribution in [0.3, 0.4) is 0 Å². The van der Waals surface area contributed by atoms with Gasteiger partial charge in [0, 0.05) is 12.5 Å². The fourth-order valence-electron chi connectivity index (χ4n) is 2.40. The van der Waals surface area contributed by atoms with Gasteiger partial charge in [-0.1, -0.05) is 18.2 Å². The predicted molar refractivity (Wildman–Crippen MR) is 75.2 cm³/mol. The zero-order valence-electron chi connectivity index (χ0n) is 10.2. The first kappa shape index (κ1) is 11.8. The number of nitrogens with two attached hydrogens (primary N) is 1. The monoisotopic (exact) mass is 259 g/mol. The molecule has 1 aliphatic heterocycles. The number of hydrogen-bond donors (Lipinski definition) is 1. The van der Waals surface area contributed by atoms with Crippen molar-refractivity contribution in [3.8, 4) is 5.75 Å². The standard InChI is InChI=1S/C15H17NOS/c16-13(6-5-11-7-8-18-10-11)15-9-12-3-1-2-4-14(12)17-15/h1-4,7-8,10,13,15H,5-6,9,16H2. The fourth-order valence-corrected chi connectivity index (χ4v) is 3.10. The Bertz CT molecular complexity index is 484. The third-order valence-corrected chi connectivity index (χ3v) is 4.23. The molecule has 3 heteroatoms. The molecular weight excluding hydrogens is 242 g/mol. The lowest BCUT2D eigenvalue weighted by atomic mass is 10.00. The van der Waals surface area contributed by atoms with Gasteiger partial charge in [0.1, 0.15) is 11.9 Å². The van der Waals surface area contributed by atoms with Crippen LogP contribution in [0.2, 0.25) is 0 Å². The van der Waals surface area contributed by atoms with Crippen molar-refractivity contribution in [2.75, 3.05) is 0 Å². The lowest BCUT2D eigenvalue weighted by molar-refractivity contribution is 0.193. The third-order valence-electron chi connectivity index (χ3n) is 3.50. The summed E-state index contributed by atoms with van der Waals surface area (Å²) in [5.74, 6) is 1.01. The number of benzene rings is 1. The second-order valence-electron chi connectivity index (χ2n) is 4.80. The predicted octanol–water partition coefficient (Wildman–Crippen LogP) is 3.01. The van der Waals surface area contributed by atoms with Crippen LogP contribution in [0.5, 0.6) is 5.75 Å². The highest BCUT2D eigenvalue weighted by Gasteiger charge is 2.27. The first-order valence-electron chi connectivity index (χ1n) is 6.34. The van der Waals surface area contributed by atoms with Gasteiger partial charge in [0.2, 0.25) is 0 Å². The van der Waals surface area contributed by atoms with Gasteiger partial charge in [0.05, 0.1) is 0 Å². The van der Waals surface area contributed by atoms with Crippen molar-refractivity contribution in [2.45, 2.75) is 31.4 Å². The van der Waals surface area contributed by atoms with E-state index in [1.807, 2.05) is 12.1 Å². The lowest BCUT2D eigenvalue weighted by Crippen LogP contribution is -2.38. The number of ether oxygens (including phenoxy) is 1. The minimum absolute atomic E-state index is 0.109. The molecule has 0 radical (unpaired) electrons. The smallest absolute Gasteiger partial charge is 0.123 e. The molecule has 3 rings (SSSR count). The van der Waals surface area contributed by atoms with E-state index in [9.17, 15) is 0 Å². The number of hydrogen-bond acceptors (Lipinski definition) is 3. The second kappa shape index (κ2) is 5.12. The molecule has 0 saturated carbocycles. The van der Waals surface area contributed by atoms with Gasteiger partial charge in [-0.3, -0.25) is 0 Å². The number of fused-ring (bicyclic) bond motifs is 1. The minimum Gasteiger partial charge on any atom is -0.488 e. The van der Waals surface area contributed by atoms with Crippen LogP contribution in [-0.4, -0.2) is 12.1 Å². The van der Waals surface area contributed by atoms with Crippen molar-refractivity contribution >= 4 is 11.3 Å². The Kier molecular flexibility index (Phi) is 3.35. The van der Waals surface area contributed by atoms with Crippen LogP contribution < -0.4 is 10.5 Å². The van der Waals surface area contributed by atoms with Gasteiger partial charge in [0.25, 0.3) is 0 Å². The second-order valence-corrected chi connectivity index (χ2v) is 5.58. The molecule has 18 heavy (non-hydrogen) atoms. The van der Waals surface area contributed by atoms with Crippen LogP contribution in [0.15, 0.2) is 41.1 Å². The van der Waals surface area contributed by atoms with Crippen molar-refractivity contribution in [1.29, 1.82) is 0 Å². The molecule has 0 fully saturated rings. The van der Waals surface area contributed by atoms with Crippen LogP contribution in [0.25, 0.3) is 0 Å². The summed E-state index contributed by atoms with van der Waals surface area (Å²) < 4.78 is 5.92. The minimum atomic E-state index is 0.109. The summed E-state index contributed by atoms with van der Waals surface area (Å²) in [7, 11) is 0. The summed E-state index contributed by atoms with van der Waals surface area (Å²) in [6.07, 6.45) is 3.11.